The fraction of sp³-hybridized carbons (Fsp3) is 0.240. The third-order valence-electron chi connectivity index (χ3n) is 5.23. The van der Waals surface area contributed by atoms with Crippen molar-refractivity contribution in [3.63, 3.8) is 0 Å². The van der Waals surface area contributed by atoms with Crippen LogP contribution in [0, 0.1) is 0 Å². The fourth-order valence-electron chi connectivity index (χ4n) is 3.62. The summed E-state index contributed by atoms with van der Waals surface area (Å²) in [5.41, 5.74) is 3.57. The van der Waals surface area contributed by atoms with E-state index in [1.807, 2.05) is 18.2 Å². The van der Waals surface area contributed by atoms with E-state index in [2.05, 4.69) is 63.5 Å². The van der Waals surface area contributed by atoms with Gasteiger partial charge in [-0.3, -0.25) is 0 Å². The largest absolute Gasteiger partial charge is 0.493 e. The SMILES string of the molecule is COc1ccc(-c2ccccc2CNCCCNc2nsc3ccccc23)cc1OC. The van der Waals surface area contributed by atoms with Gasteiger partial charge in [-0.05, 0) is 65.5 Å². The zero-order valence-electron chi connectivity index (χ0n) is 17.9. The van der Waals surface area contributed by atoms with Crippen molar-refractivity contribution in [1.82, 2.24) is 9.69 Å². The maximum atomic E-state index is 5.47. The molecule has 0 aliphatic carbocycles. The molecule has 0 unspecified atom stereocenters. The van der Waals surface area contributed by atoms with Crippen LogP contribution in [-0.4, -0.2) is 31.7 Å². The van der Waals surface area contributed by atoms with Gasteiger partial charge in [-0.25, -0.2) is 0 Å². The summed E-state index contributed by atoms with van der Waals surface area (Å²) in [7, 11) is 3.32. The first-order chi connectivity index (χ1) is 15.3. The number of aromatic nitrogens is 1. The summed E-state index contributed by atoms with van der Waals surface area (Å²) in [5.74, 6) is 2.46. The molecule has 6 heteroatoms. The van der Waals surface area contributed by atoms with Crippen LogP contribution < -0.4 is 20.1 Å². The standard InChI is InChI=1S/C25H27N3O2S/c1-29-22-13-12-18(16-23(22)30-2)20-9-4-3-8-19(20)17-26-14-7-15-27-25-21-10-5-6-11-24(21)31-28-25/h3-6,8-13,16,26H,7,14-15,17H2,1-2H3,(H,27,28). The molecule has 0 aliphatic rings. The quantitative estimate of drug-likeness (QED) is 0.320. The molecule has 0 radical (unpaired) electrons. The highest BCUT2D eigenvalue weighted by Crippen LogP contribution is 2.33. The predicted molar refractivity (Wildman–Crippen MR) is 129 cm³/mol. The molecule has 0 fully saturated rings. The molecular formula is C25H27N3O2S. The third kappa shape index (κ3) is 4.98. The van der Waals surface area contributed by atoms with Crippen LogP contribution in [0.15, 0.2) is 66.7 Å². The summed E-state index contributed by atoms with van der Waals surface area (Å²) < 4.78 is 16.6. The van der Waals surface area contributed by atoms with Crippen molar-refractivity contribution in [3.05, 3.63) is 72.3 Å². The molecule has 4 aromatic rings. The zero-order chi connectivity index (χ0) is 21.5. The minimum absolute atomic E-state index is 0.738. The number of methoxy groups -OCH3 is 2. The van der Waals surface area contributed by atoms with E-state index in [-0.39, 0.29) is 0 Å². The number of nitrogens with zero attached hydrogens (tertiary/aromatic N) is 1. The van der Waals surface area contributed by atoms with Crippen LogP contribution in [0.3, 0.4) is 0 Å². The number of hydrogen-bond acceptors (Lipinski definition) is 6. The molecule has 1 heterocycles. The lowest BCUT2D eigenvalue weighted by Gasteiger charge is -2.13. The minimum Gasteiger partial charge on any atom is -0.493 e. The Labute approximate surface area is 187 Å². The Morgan fingerprint density at radius 3 is 2.55 bits per heavy atom. The van der Waals surface area contributed by atoms with Gasteiger partial charge in [0.15, 0.2) is 11.5 Å². The Kier molecular flexibility index (Phi) is 7.02. The van der Waals surface area contributed by atoms with Crippen LogP contribution in [0.1, 0.15) is 12.0 Å². The Balaban J connectivity index is 1.31. The van der Waals surface area contributed by atoms with E-state index in [4.69, 9.17) is 9.47 Å². The Morgan fingerprint density at radius 2 is 1.68 bits per heavy atom. The van der Waals surface area contributed by atoms with E-state index < -0.39 is 0 Å². The van der Waals surface area contributed by atoms with Crippen molar-refractivity contribution >= 4 is 27.4 Å². The second-order valence-electron chi connectivity index (χ2n) is 7.21. The average Bonchev–Trinajstić information content (AvgIpc) is 3.24. The summed E-state index contributed by atoms with van der Waals surface area (Å²) >= 11 is 1.54. The van der Waals surface area contributed by atoms with E-state index in [1.54, 1.807) is 14.2 Å². The molecule has 31 heavy (non-hydrogen) atoms. The van der Waals surface area contributed by atoms with Crippen molar-refractivity contribution in [2.45, 2.75) is 13.0 Å². The molecule has 0 aliphatic heterocycles. The number of benzene rings is 3. The number of ether oxygens (including phenoxy) is 2. The topological polar surface area (TPSA) is 55.4 Å². The van der Waals surface area contributed by atoms with Crippen molar-refractivity contribution in [2.24, 2.45) is 0 Å². The second kappa shape index (κ2) is 10.3. The summed E-state index contributed by atoms with van der Waals surface area (Å²) in [6.07, 6.45) is 1.02. The van der Waals surface area contributed by atoms with E-state index in [9.17, 15) is 0 Å². The second-order valence-corrected chi connectivity index (χ2v) is 8.02. The van der Waals surface area contributed by atoms with Gasteiger partial charge in [0.05, 0.1) is 18.9 Å². The molecule has 0 saturated heterocycles. The maximum absolute atomic E-state index is 5.47. The molecule has 0 atom stereocenters. The van der Waals surface area contributed by atoms with E-state index in [1.165, 1.54) is 32.7 Å². The first kappa shape index (κ1) is 21.2. The first-order valence-corrected chi connectivity index (χ1v) is 11.2. The highest BCUT2D eigenvalue weighted by molar-refractivity contribution is 7.13. The number of anilines is 1. The first-order valence-electron chi connectivity index (χ1n) is 10.4. The van der Waals surface area contributed by atoms with Gasteiger partial charge in [0.2, 0.25) is 0 Å². The maximum Gasteiger partial charge on any atom is 0.161 e. The number of nitrogens with one attached hydrogen (secondary N) is 2. The molecular weight excluding hydrogens is 406 g/mol. The molecule has 0 saturated carbocycles. The lowest BCUT2D eigenvalue weighted by molar-refractivity contribution is 0.355. The summed E-state index contributed by atoms with van der Waals surface area (Å²) in [6, 6.07) is 22.8. The van der Waals surface area contributed by atoms with E-state index >= 15 is 0 Å². The van der Waals surface area contributed by atoms with E-state index in [0.29, 0.717) is 0 Å². The van der Waals surface area contributed by atoms with Gasteiger partial charge in [0, 0.05) is 18.5 Å². The highest BCUT2D eigenvalue weighted by Gasteiger charge is 2.09. The van der Waals surface area contributed by atoms with Gasteiger partial charge >= 0.3 is 0 Å². The normalized spacial score (nSPS) is 10.9. The highest BCUT2D eigenvalue weighted by atomic mass is 32.1. The van der Waals surface area contributed by atoms with Crippen LogP contribution in [0.2, 0.25) is 0 Å². The Bertz CT molecular complexity index is 1140. The summed E-state index contributed by atoms with van der Waals surface area (Å²) in [4.78, 5) is 0. The molecule has 160 valence electrons. The number of hydrogen-bond donors (Lipinski definition) is 2. The summed E-state index contributed by atoms with van der Waals surface area (Å²) in [5, 5.41) is 8.23. The fourth-order valence-corrected chi connectivity index (χ4v) is 4.37. The van der Waals surface area contributed by atoms with Crippen molar-refractivity contribution in [1.29, 1.82) is 0 Å². The number of rotatable bonds is 10. The van der Waals surface area contributed by atoms with Gasteiger partial charge in [0.25, 0.3) is 0 Å². The molecule has 3 aromatic carbocycles. The van der Waals surface area contributed by atoms with Gasteiger partial charge < -0.3 is 20.1 Å². The molecule has 0 bridgehead atoms. The van der Waals surface area contributed by atoms with Gasteiger partial charge in [0.1, 0.15) is 5.82 Å². The smallest absolute Gasteiger partial charge is 0.161 e. The van der Waals surface area contributed by atoms with Crippen LogP contribution in [0.5, 0.6) is 11.5 Å². The molecule has 0 spiro atoms. The van der Waals surface area contributed by atoms with Crippen LogP contribution in [0.25, 0.3) is 21.2 Å². The molecule has 1 aromatic heterocycles. The lowest BCUT2D eigenvalue weighted by Crippen LogP contribution is -2.18. The number of fused-ring (bicyclic) bond motifs is 1. The predicted octanol–water partition coefficient (Wildman–Crippen LogP) is 5.57. The van der Waals surface area contributed by atoms with Gasteiger partial charge in [-0.15, -0.1) is 0 Å². The van der Waals surface area contributed by atoms with Crippen molar-refractivity contribution in [2.75, 3.05) is 32.6 Å². The molecule has 5 nitrogen and oxygen atoms in total. The minimum atomic E-state index is 0.738. The third-order valence-corrected chi connectivity index (χ3v) is 6.05. The molecule has 4 rings (SSSR count). The van der Waals surface area contributed by atoms with Crippen molar-refractivity contribution in [3.8, 4) is 22.6 Å². The van der Waals surface area contributed by atoms with Crippen LogP contribution >= 0.6 is 11.5 Å². The van der Waals surface area contributed by atoms with Gasteiger partial charge in [-0.1, -0.05) is 42.5 Å². The summed E-state index contributed by atoms with van der Waals surface area (Å²) in [6.45, 7) is 2.62. The monoisotopic (exact) mass is 433 g/mol. The lowest BCUT2D eigenvalue weighted by atomic mass is 9.99. The Morgan fingerprint density at radius 1 is 0.871 bits per heavy atom. The molecule has 0 amide bonds. The van der Waals surface area contributed by atoms with E-state index in [0.717, 1.165) is 48.9 Å². The molecule has 2 N–H and O–H groups in total. The van der Waals surface area contributed by atoms with Gasteiger partial charge in [-0.2, -0.15) is 4.37 Å². The van der Waals surface area contributed by atoms with Crippen LogP contribution in [-0.2, 0) is 6.54 Å². The average molecular weight is 434 g/mol. The Hall–Kier alpha value is -3.09. The zero-order valence-corrected chi connectivity index (χ0v) is 18.7. The van der Waals surface area contributed by atoms with Crippen molar-refractivity contribution < 1.29 is 9.47 Å². The van der Waals surface area contributed by atoms with Crippen LogP contribution in [0.4, 0.5) is 5.82 Å².